The van der Waals surface area contributed by atoms with Crippen LogP contribution in [0.1, 0.15) is 6.42 Å². The Morgan fingerprint density at radius 1 is 1.13 bits per heavy atom. The highest BCUT2D eigenvalue weighted by Gasteiger charge is 2.18. The molecule has 0 atom stereocenters. The second kappa shape index (κ2) is 9.34. The predicted molar refractivity (Wildman–Crippen MR) is 113 cm³/mol. The van der Waals surface area contributed by atoms with E-state index in [1.807, 2.05) is 0 Å². The Morgan fingerprint density at radius 3 is 2.73 bits per heavy atom. The van der Waals surface area contributed by atoms with E-state index in [-0.39, 0.29) is 6.10 Å². The van der Waals surface area contributed by atoms with Gasteiger partial charge < -0.3 is 29.4 Å². The summed E-state index contributed by atoms with van der Waals surface area (Å²) in [6.07, 6.45) is 2.40. The minimum atomic E-state index is 0.214. The van der Waals surface area contributed by atoms with Crippen LogP contribution in [0.3, 0.4) is 0 Å². The highest BCUT2D eigenvalue weighted by Crippen LogP contribution is 2.36. The summed E-state index contributed by atoms with van der Waals surface area (Å²) >= 11 is 6.08. The van der Waals surface area contributed by atoms with Gasteiger partial charge in [-0.2, -0.15) is 0 Å². The molecule has 2 N–H and O–H groups in total. The van der Waals surface area contributed by atoms with Crippen LogP contribution in [-0.2, 0) is 9.47 Å². The number of nitrogen functional groups attached to an aromatic ring is 1. The second-order valence-electron chi connectivity index (χ2n) is 6.72. The smallest absolute Gasteiger partial charge is 0.230 e. The topological polar surface area (TPSA) is 98.0 Å². The predicted octanol–water partition coefficient (Wildman–Crippen LogP) is 3.85. The number of hydrogen-bond donors (Lipinski definition) is 1. The number of nitrogens with two attached hydrogens (primary N) is 1. The molecule has 1 fully saturated rings. The molecule has 0 bridgehead atoms. The number of anilines is 1. The first kappa shape index (κ1) is 20.5. The SMILES string of the molecule is COc1cc2c(Oc3ccc(N)c(Cl)c3)ncnc2cc1OCCCOC1COC1. The largest absolute Gasteiger partial charge is 0.493 e. The van der Waals surface area contributed by atoms with E-state index in [9.17, 15) is 0 Å². The molecule has 2 aromatic carbocycles. The summed E-state index contributed by atoms with van der Waals surface area (Å²) in [4.78, 5) is 8.57. The maximum Gasteiger partial charge on any atom is 0.230 e. The van der Waals surface area contributed by atoms with Gasteiger partial charge in [-0.1, -0.05) is 11.6 Å². The van der Waals surface area contributed by atoms with Crippen molar-refractivity contribution < 1.29 is 23.7 Å². The van der Waals surface area contributed by atoms with E-state index >= 15 is 0 Å². The molecule has 0 spiro atoms. The molecular formula is C21H22ClN3O5. The molecule has 9 heteroatoms. The minimum absolute atomic E-state index is 0.214. The van der Waals surface area contributed by atoms with E-state index in [2.05, 4.69) is 9.97 Å². The summed E-state index contributed by atoms with van der Waals surface area (Å²) in [6, 6.07) is 8.63. The van der Waals surface area contributed by atoms with Gasteiger partial charge in [0.2, 0.25) is 5.88 Å². The fourth-order valence-corrected chi connectivity index (χ4v) is 3.05. The second-order valence-corrected chi connectivity index (χ2v) is 7.12. The number of benzene rings is 2. The zero-order valence-electron chi connectivity index (χ0n) is 16.5. The van der Waals surface area contributed by atoms with Crippen molar-refractivity contribution in [3.05, 3.63) is 41.7 Å². The third-order valence-corrected chi connectivity index (χ3v) is 4.91. The van der Waals surface area contributed by atoms with E-state index in [1.165, 1.54) is 6.33 Å². The standard InChI is InChI=1S/C21H22ClN3O5/c1-26-19-8-15-18(9-20(19)29-6-2-5-28-14-10-27-11-14)24-12-25-21(15)30-13-3-4-17(23)16(22)7-13/h3-4,7-9,12,14H,2,5-6,10-11,23H2,1H3. The van der Waals surface area contributed by atoms with Gasteiger partial charge >= 0.3 is 0 Å². The van der Waals surface area contributed by atoms with E-state index < -0.39 is 0 Å². The monoisotopic (exact) mass is 431 g/mol. The average Bonchev–Trinajstić information content (AvgIpc) is 2.71. The first-order valence-electron chi connectivity index (χ1n) is 9.52. The Labute approximate surface area is 178 Å². The number of methoxy groups -OCH3 is 1. The van der Waals surface area contributed by atoms with Gasteiger partial charge in [-0.3, -0.25) is 0 Å². The maximum absolute atomic E-state index is 6.08. The third-order valence-electron chi connectivity index (χ3n) is 4.58. The van der Waals surface area contributed by atoms with Gasteiger partial charge in [-0.05, 0) is 18.2 Å². The number of hydrogen-bond acceptors (Lipinski definition) is 8. The molecule has 0 radical (unpaired) electrons. The summed E-state index contributed by atoms with van der Waals surface area (Å²) in [5, 5.41) is 1.09. The summed E-state index contributed by atoms with van der Waals surface area (Å²) in [5.74, 6) is 2.05. The number of fused-ring (bicyclic) bond motifs is 1. The van der Waals surface area contributed by atoms with Crippen molar-refractivity contribution in [1.29, 1.82) is 0 Å². The average molecular weight is 432 g/mol. The molecule has 8 nitrogen and oxygen atoms in total. The van der Waals surface area contributed by atoms with Gasteiger partial charge in [-0.15, -0.1) is 0 Å². The normalized spacial score (nSPS) is 13.8. The number of nitrogens with zero attached hydrogens (tertiary/aromatic N) is 2. The fraction of sp³-hybridized carbons (Fsp3) is 0.333. The lowest BCUT2D eigenvalue weighted by atomic mass is 10.2. The number of ether oxygens (including phenoxy) is 5. The van der Waals surface area contributed by atoms with E-state index in [0.717, 1.165) is 6.42 Å². The van der Waals surface area contributed by atoms with Crippen molar-refractivity contribution in [3.8, 4) is 23.1 Å². The summed E-state index contributed by atoms with van der Waals surface area (Å²) in [6.45, 7) is 2.46. The van der Waals surface area contributed by atoms with Crippen LogP contribution in [0.5, 0.6) is 23.1 Å². The molecule has 0 unspecified atom stereocenters. The van der Waals surface area contributed by atoms with E-state index in [1.54, 1.807) is 37.4 Å². The van der Waals surface area contributed by atoms with E-state index in [0.29, 0.717) is 71.2 Å². The Bertz CT molecular complexity index is 1030. The molecule has 158 valence electrons. The molecule has 1 aliphatic rings. The quantitative estimate of drug-likeness (QED) is 0.403. The molecule has 30 heavy (non-hydrogen) atoms. The molecular weight excluding hydrogens is 410 g/mol. The van der Waals surface area contributed by atoms with Crippen LogP contribution < -0.4 is 19.9 Å². The van der Waals surface area contributed by atoms with Crippen molar-refractivity contribution in [2.45, 2.75) is 12.5 Å². The van der Waals surface area contributed by atoms with Gasteiger partial charge in [0.25, 0.3) is 0 Å². The van der Waals surface area contributed by atoms with Crippen LogP contribution in [0.25, 0.3) is 10.9 Å². The van der Waals surface area contributed by atoms with Crippen LogP contribution in [-0.4, -0.2) is 49.6 Å². The molecule has 0 saturated carbocycles. The molecule has 1 aliphatic heterocycles. The lowest BCUT2D eigenvalue weighted by Crippen LogP contribution is -2.36. The molecule has 0 aliphatic carbocycles. The Hall–Kier alpha value is -2.81. The number of aromatic nitrogens is 2. The van der Waals surface area contributed by atoms with Crippen LogP contribution in [0.15, 0.2) is 36.7 Å². The van der Waals surface area contributed by atoms with Crippen molar-refractivity contribution in [2.24, 2.45) is 0 Å². The highest BCUT2D eigenvalue weighted by molar-refractivity contribution is 6.33. The van der Waals surface area contributed by atoms with E-state index in [4.69, 9.17) is 41.0 Å². The lowest BCUT2D eigenvalue weighted by Gasteiger charge is -2.25. The summed E-state index contributed by atoms with van der Waals surface area (Å²) in [7, 11) is 1.58. The van der Waals surface area contributed by atoms with Gasteiger partial charge in [0, 0.05) is 18.6 Å². The number of halogens is 1. The zero-order chi connectivity index (χ0) is 20.9. The van der Waals surface area contributed by atoms with Gasteiger partial charge in [-0.25, -0.2) is 9.97 Å². The molecule has 1 aromatic heterocycles. The van der Waals surface area contributed by atoms with Crippen LogP contribution in [0.2, 0.25) is 5.02 Å². The Kier molecular flexibility index (Phi) is 6.37. The summed E-state index contributed by atoms with van der Waals surface area (Å²) < 4.78 is 28.0. The first-order chi connectivity index (χ1) is 14.6. The summed E-state index contributed by atoms with van der Waals surface area (Å²) in [5.41, 5.74) is 6.90. The van der Waals surface area contributed by atoms with Crippen LogP contribution in [0.4, 0.5) is 5.69 Å². The Balaban J connectivity index is 1.49. The molecule has 2 heterocycles. The van der Waals surface area contributed by atoms with Crippen LogP contribution >= 0.6 is 11.6 Å². The van der Waals surface area contributed by atoms with Crippen molar-refractivity contribution in [1.82, 2.24) is 9.97 Å². The molecule has 4 rings (SSSR count). The Morgan fingerprint density at radius 2 is 2.00 bits per heavy atom. The zero-order valence-corrected chi connectivity index (χ0v) is 17.2. The lowest BCUT2D eigenvalue weighted by molar-refractivity contribution is -0.130. The fourth-order valence-electron chi connectivity index (χ4n) is 2.88. The van der Waals surface area contributed by atoms with Crippen molar-refractivity contribution >= 4 is 28.2 Å². The first-order valence-corrected chi connectivity index (χ1v) is 9.89. The third kappa shape index (κ3) is 4.67. The van der Waals surface area contributed by atoms with Gasteiger partial charge in [0.15, 0.2) is 11.5 Å². The number of rotatable bonds is 9. The van der Waals surface area contributed by atoms with Crippen LogP contribution in [0, 0.1) is 0 Å². The van der Waals surface area contributed by atoms with Gasteiger partial charge in [0.05, 0.1) is 55.2 Å². The molecule has 1 saturated heterocycles. The molecule has 3 aromatic rings. The van der Waals surface area contributed by atoms with Gasteiger partial charge in [0.1, 0.15) is 18.2 Å². The highest BCUT2D eigenvalue weighted by atomic mass is 35.5. The molecule has 0 amide bonds. The van der Waals surface area contributed by atoms with Crippen molar-refractivity contribution in [3.63, 3.8) is 0 Å². The van der Waals surface area contributed by atoms with Crippen molar-refractivity contribution in [2.75, 3.05) is 39.3 Å². The maximum atomic E-state index is 6.08. The minimum Gasteiger partial charge on any atom is -0.493 e.